The Balaban J connectivity index is 2.62. The van der Waals surface area contributed by atoms with Gasteiger partial charge in [0.15, 0.2) is 10.3 Å². The molecule has 0 aliphatic carbocycles. The lowest BCUT2D eigenvalue weighted by atomic mass is 10.3. The topological polar surface area (TPSA) is 43.6 Å². The molecule has 2 aromatic heterocycles. The summed E-state index contributed by atoms with van der Waals surface area (Å²) in [7, 11) is 1.32. The van der Waals surface area contributed by atoms with Crippen LogP contribution in [0.5, 0.6) is 0 Å². The van der Waals surface area contributed by atoms with Crippen LogP contribution in [0.1, 0.15) is 10.4 Å². The molecular weight excluding hydrogens is 239 g/mol. The third kappa shape index (κ3) is 1.66. The van der Waals surface area contributed by atoms with Gasteiger partial charge in [-0.25, -0.2) is 9.78 Å². The Kier molecular flexibility index (Phi) is 2.54. The summed E-state index contributed by atoms with van der Waals surface area (Å²) >= 11 is 11.6. The Morgan fingerprint density at radius 1 is 1.53 bits per heavy atom. The summed E-state index contributed by atoms with van der Waals surface area (Å²) in [6.45, 7) is 0. The molecule has 0 unspecified atom stereocenters. The van der Waals surface area contributed by atoms with Crippen LogP contribution in [0, 0.1) is 0 Å². The van der Waals surface area contributed by atoms with Gasteiger partial charge in [-0.05, 0) is 12.1 Å². The number of fused-ring (bicyclic) bond motifs is 1. The summed E-state index contributed by atoms with van der Waals surface area (Å²) in [5.41, 5.74) is 0.913. The summed E-state index contributed by atoms with van der Waals surface area (Å²) in [4.78, 5) is 15.2. The maximum atomic E-state index is 11.2. The molecule has 2 aromatic rings. The molecule has 2 rings (SSSR count). The minimum atomic E-state index is -0.423. The highest BCUT2D eigenvalue weighted by Gasteiger charge is 2.11. The summed E-state index contributed by atoms with van der Waals surface area (Å²) in [6.07, 6.45) is 1.61. The van der Waals surface area contributed by atoms with Gasteiger partial charge in [0.05, 0.1) is 12.7 Å². The normalized spacial score (nSPS) is 10.6. The number of carbonyl (C=O) groups excluding carboxylic acids is 1. The van der Waals surface area contributed by atoms with Crippen molar-refractivity contribution in [3.05, 3.63) is 34.2 Å². The molecule has 6 heteroatoms. The molecule has 0 spiro atoms. The van der Waals surface area contributed by atoms with Crippen molar-refractivity contribution in [2.75, 3.05) is 7.11 Å². The van der Waals surface area contributed by atoms with Crippen LogP contribution in [0.15, 0.2) is 18.3 Å². The lowest BCUT2D eigenvalue weighted by Crippen LogP contribution is -2.01. The fraction of sp³-hybridized carbons (Fsp3) is 0.111. The molecular formula is C9H6Cl2N2O2. The number of esters is 1. The molecule has 0 aromatic carbocycles. The van der Waals surface area contributed by atoms with Gasteiger partial charge >= 0.3 is 5.97 Å². The summed E-state index contributed by atoms with van der Waals surface area (Å²) in [5.74, 6) is -0.423. The lowest BCUT2D eigenvalue weighted by molar-refractivity contribution is 0.0600. The van der Waals surface area contributed by atoms with E-state index in [1.54, 1.807) is 22.7 Å². The molecule has 0 amide bonds. The number of rotatable bonds is 1. The molecule has 0 atom stereocenters. The Morgan fingerprint density at radius 3 is 2.93 bits per heavy atom. The van der Waals surface area contributed by atoms with Gasteiger partial charge in [0.2, 0.25) is 0 Å². The number of pyridine rings is 1. The van der Waals surface area contributed by atoms with Gasteiger partial charge in [-0.15, -0.1) is 0 Å². The predicted molar refractivity (Wildman–Crippen MR) is 56.6 cm³/mol. The highest BCUT2D eigenvalue weighted by molar-refractivity contribution is 6.40. The molecule has 0 radical (unpaired) electrons. The highest BCUT2D eigenvalue weighted by Crippen LogP contribution is 2.23. The fourth-order valence-corrected chi connectivity index (χ4v) is 1.59. The summed E-state index contributed by atoms with van der Waals surface area (Å²) in [5, 5.41) is 0.529. The number of ether oxygens (including phenoxy) is 1. The Labute approximate surface area is 95.4 Å². The molecule has 0 N–H and O–H groups in total. The highest BCUT2D eigenvalue weighted by atomic mass is 35.5. The molecule has 0 saturated carbocycles. The second-order valence-electron chi connectivity index (χ2n) is 2.83. The van der Waals surface area contributed by atoms with E-state index in [1.165, 1.54) is 7.11 Å². The zero-order valence-corrected chi connectivity index (χ0v) is 9.21. The van der Waals surface area contributed by atoms with Crippen LogP contribution < -0.4 is 0 Å². The number of hydrogen-bond acceptors (Lipinski definition) is 3. The van der Waals surface area contributed by atoms with Gasteiger partial charge < -0.3 is 4.74 Å². The molecule has 15 heavy (non-hydrogen) atoms. The maximum Gasteiger partial charge on any atom is 0.338 e. The maximum absolute atomic E-state index is 11.2. The molecule has 2 heterocycles. The number of aromatic nitrogens is 2. The molecule has 78 valence electrons. The Morgan fingerprint density at radius 2 is 2.27 bits per heavy atom. The Hall–Kier alpha value is -1.26. The van der Waals surface area contributed by atoms with Gasteiger partial charge in [0.1, 0.15) is 5.65 Å². The Bertz CT molecular complexity index is 536. The van der Waals surface area contributed by atoms with E-state index in [0.717, 1.165) is 0 Å². The summed E-state index contributed by atoms with van der Waals surface area (Å²) < 4.78 is 6.16. The second kappa shape index (κ2) is 3.72. The van der Waals surface area contributed by atoms with Crippen LogP contribution >= 0.6 is 23.2 Å². The molecule has 0 aliphatic rings. The SMILES string of the molecule is COC(=O)c1ccn2c(Cl)c(Cl)nc2c1. The molecule has 0 saturated heterocycles. The largest absolute Gasteiger partial charge is 0.465 e. The zero-order chi connectivity index (χ0) is 11.0. The van der Waals surface area contributed by atoms with Crippen LogP contribution in [-0.4, -0.2) is 22.5 Å². The first-order valence-electron chi connectivity index (χ1n) is 4.05. The minimum absolute atomic E-state index is 0.207. The first-order chi connectivity index (χ1) is 7.13. The van der Waals surface area contributed by atoms with E-state index in [4.69, 9.17) is 23.2 Å². The average molecular weight is 245 g/mol. The second-order valence-corrected chi connectivity index (χ2v) is 3.54. The van der Waals surface area contributed by atoms with E-state index in [1.807, 2.05) is 0 Å². The van der Waals surface area contributed by atoms with Crippen molar-refractivity contribution < 1.29 is 9.53 Å². The van der Waals surface area contributed by atoms with Gasteiger partial charge in [-0.3, -0.25) is 4.40 Å². The van der Waals surface area contributed by atoms with Crippen molar-refractivity contribution in [2.45, 2.75) is 0 Å². The van der Waals surface area contributed by atoms with Crippen LogP contribution in [0.2, 0.25) is 10.3 Å². The molecule has 0 fully saturated rings. The van der Waals surface area contributed by atoms with Crippen LogP contribution in [0.3, 0.4) is 0 Å². The van der Waals surface area contributed by atoms with Crippen molar-refractivity contribution in [3.63, 3.8) is 0 Å². The van der Waals surface area contributed by atoms with Gasteiger partial charge in [-0.1, -0.05) is 23.2 Å². The third-order valence-corrected chi connectivity index (χ3v) is 2.67. The number of imidazole rings is 1. The van der Waals surface area contributed by atoms with E-state index in [-0.39, 0.29) is 5.15 Å². The van der Waals surface area contributed by atoms with E-state index >= 15 is 0 Å². The quantitative estimate of drug-likeness (QED) is 0.724. The number of halogens is 2. The van der Waals surface area contributed by atoms with Crippen LogP contribution in [-0.2, 0) is 4.74 Å². The zero-order valence-electron chi connectivity index (χ0n) is 7.70. The van der Waals surface area contributed by atoms with E-state index in [9.17, 15) is 4.79 Å². The first-order valence-corrected chi connectivity index (χ1v) is 4.80. The molecule has 0 bridgehead atoms. The first kappa shape index (κ1) is 10.3. The van der Waals surface area contributed by atoms with E-state index in [0.29, 0.717) is 16.4 Å². The van der Waals surface area contributed by atoms with Crippen molar-refractivity contribution in [1.29, 1.82) is 0 Å². The number of nitrogens with zero attached hydrogens (tertiary/aromatic N) is 2. The monoisotopic (exact) mass is 244 g/mol. The standard InChI is InChI=1S/C9H6Cl2N2O2/c1-15-9(14)5-2-3-13-6(4-5)12-7(10)8(13)11/h2-4H,1H3. The lowest BCUT2D eigenvalue weighted by Gasteiger charge is -1.99. The van der Waals surface area contributed by atoms with Crippen molar-refractivity contribution >= 4 is 34.8 Å². The van der Waals surface area contributed by atoms with Crippen LogP contribution in [0.25, 0.3) is 5.65 Å². The van der Waals surface area contributed by atoms with Gasteiger partial charge in [0.25, 0.3) is 0 Å². The summed E-state index contributed by atoms with van der Waals surface area (Å²) in [6, 6.07) is 3.15. The number of hydrogen-bond donors (Lipinski definition) is 0. The van der Waals surface area contributed by atoms with E-state index in [2.05, 4.69) is 9.72 Å². The minimum Gasteiger partial charge on any atom is -0.465 e. The predicted octanol–water partition coefficient (Wildman–Crippen LogP) is 2.43. The third-order valence-electron chi connectivity index (χ3n) is 1.95. The van der Waals surface area contributed by atoms with E-state index < -0.39 is 5.97 Å². The van der Waals surface area contributed by atoms with Crippen molar-refractivity contribution in [1.82, 2.24) is 9.38 Å². The molecule has 4 nitrogen and oxygen atoms in total. The van der Waals surface area contributed by atoms with Crippen molar-refractivity contribution in [3.8, 4) is 0 Å². The fourth-order valence-electron chi connectivity index (χ4n) is 1.23. The van der Waals surface area contributed by atoms with Gasteiger partial charge in [-0.2, -0.15) is 0 Å². The molecule has 0 aliphatic heterocycles. The smallest absolute Gasteiger partial charge is 0.338 e. The van der Waals surface area contributed by atoms with Crippen molar-refractivity contribution in [2.24, 2.45) is 0 Å². The number of carbonyl (C=O) groups is 1. The van der Waals surface area contributed by atoms with Gasteiger partial charge in [0, 0.05) is 6.20 Å². The van der Waals surface area contributed by atoms with Crippen LogP contribution in [0.4, 0.5) is 0 Å². The number of methoxy groups -OCH3 is 1. The average Bonchev–Trinajstić information content (AvgIpc) is 2.53.